The van der Waals surface area contributed by atoms with Crippen LogP contribution >= 0.6 is 11.3 Å². The van der Waals surface area contributed by atoms with Crippen LogP contribution in [0.5, 0.6) is 0 Å². The van der Waals surface area contributed by atoms with Gasteiger partial charge < -0.3 is 4.57 Å². The van der Waals surface area contributed by atoms with Gasteiger partial charge in [0, 0.05) is 25.8 Å². The predicted octanol–water partition coefficient (Wildman–Crippen LogP) is 11.3. The first kappa shape index (κ1) is 29.3. The van der Waals surface area contributed by atoms with Crippen molar-refractivity contribution in [2.45, 2.75) is 39.5 Å². The third-order valence-electron chi connectivity index (χ3n) is 8.15. The fourth-order valence-electron chi connectivity index (χ4n) is 6.05. The first-order valence-corrected chi connectivity index (χ1v) is 15.5. The molecule has 2 nitrogen and oxygen atoms in total. The van der Waals surface area contributed by atoms with E-state index in [1.807, 2.05) is 0 Å². The SMILES string of the molecule is CC(C)c1cc(-c2ccccc2)cc(C(C)C)c1-n1c(-c2[c-]sc3c(-c4ccccc4)cccc23)nc2ccccc21.[Ir]. The van der Waals surface area contributed by atoms with Crippen LogP contribution in [-0.2, 0) is 20.1 Å². The van der Waals surface area contributed by atoms with Gasteiger partial charge in [0.05, 0.1) is 16.9 Å². The van der Waals surface area contributed by atoms with E-state index in [4.69, 9.17) is 4.98 Å². The molecule has 0 spiro atoms. The Morgan fingerprint density at radius 3 is 1.91 bits per heavy atom. The Kier molecular flexibility index (Phi) is 8.20. The van der Waals surface area contributed by atoms with Gasteiger partial charge in [-0.1, -0.05) is 134 Å². The molecule has 0 aliphatic rings. The van der Waals surface area contributed by atoms with Crippen molar-refractivity contribution < 1.29 is 20.1 Å². The molecule has 215 valence electrons. The van der Waals surface area contributed by atoms with E-state index in [9.17, 15) is 0 Å². The van der Waals surface area contributed by atoms with Crippen molar-refractivity contribution >= 4 is 32.5 Å². The number of rotatable bonds is 6. The van der Waals surface area contributed by atoms with Crippen molar-refractivity contribution in [3.8, 4) is 39.3 Å². The van der Waals surface area contributed by atoms with Gasteiger partial charge in [-0.3, -0.25) is 16.3 Å². The summed E-state index contributed by atoms with van der Waals surface area (Å²) in [7, 11) is 0. The van der Waals surface area contributed by atoms with E-state index in [0.717, 1.165) is 22.4 Å². The van der Waals surface area contributed by atoms with Crippen molar-refractivity contribution in [1.29, 1.82) is 0 Å². The molecule has 0 fully saturated rings. The van der Waals surface area contributed by atoms with E-state index in [0.29, 0.717) is 11.8 Å². The molecule has 0 saturated heterocycles. The maximum absolute atomic E-state index is 5.30. The van der Waals surface area contributed by atoms with E-state index in [1.165, 1.54) is 49.2 Å². The topological polar surface area (TPSA) is 17.8 Å². The zero-order valence-electron chi connectivity index (χ0n) is 24.8. The fourth-order valence-corrected chi connectivity index (χ4v) is 7.03. The van der Waals surface area contributed by atoms with E-state index in [-0.39, 0.29) is 20.1 Å². The monoisotopic (exact) mass is 754 g/mol. The summed E-state index contributed by atoms with van der Waals surface area (Å²) in [6.07, 6.45) is 0. The van der Waals surface area contributed by atoms with Crippen molar-refractivity contribution in [2.75, 3.05) is 0 Å². The van der Waals surface area contributed by atoms with Gasteiger partial charge in [-0.15, -0.1) is 11.5 Å². The molecule has 5 aromatic carbocycles. The van der Waals surface area contributed by atoms with Crippen molar-refractivity contribution in [1.82, 2.24) is 9.55 Å². The van der Waals surface area contributed by atoms with Gasteiger partial charge in [-0.05, 0) is 63.9 Å². The molecule has 0 saturated carbocycles. The summed E-state index contributed by atoms with van der Waals surface area (Å²) in [6.45, 7) is 9.20. The molecule has 7 aromatic rings. The molecule has 0 aliphatic carbocycles. The average Bonchev–Trinajstić information content (AvgIpc) is 3.62. The van der Waals surface area contributed by atoms with Gasteiger partial charge in [0.15, 0.2) is 0 Å². The Morgan fingerprint density at radius 2 is 1.26 bits per heavy atom. The second-order valence-corrected chi connectivity index (χ2v) is 12.4. The molecule has 0 bridgehead atoms. The minimum absolute atomic E-state index is 0. The molecule has 0 N–H and O–H groups in total. The summed E-state index contributed by atoms with van der Waals surface area (Å²) >= 11 is 1.69. The van der Waals surface area contributed by atoms with E-state index < -0.39 is 0 Å². The average molecular weight is 754 g/mol. The number of hydrogen-bond donors (Lipinski definition) is 0. The first-order valence-electron chi connectivity index (χ1n) is 14.7. The predicted molar refractivity (Wildman–Crippen MR) is 180 cm³/mol. The number of thiophene rings is 1. The number of nitrogens with zero attached hydrogens (tertiary/aromatic N) is 2. The number of hydrogen-bond acceptors (Lipinski definition) is 2. The Hall–Kier alpha value is -3.82. The molecule has 0 unspecified atom stereocenters. The maximum atomic E-state index is 5.30. The zero-order chi connectivity index (χ0) is 28.8. The third kappa shape index (κ3) is 5.18. The minimum atomic E-state index is 0. The number of fused-ring (bicyclic) bond motifs is 2. The van der Waals surface area contributed by atoms with E-state index in [2.05, 4.69) is 153 Å². The van der Waals surface area contributed by atoms with Crippen LogP contribution in [0, 0.1) is 5.38 Å². The normalized spacial score (nSPS) is 11.5. The van der Waals surface area contributed by atoms with Crippen LogP contribution in [0.2, 0.25) is 0 Å². The number of benzene rings is 5. The summed E-state index contributed by atoms with van der Waals surface area (Å²) in [6, 6.07) is 41.3. The number of aromatic nitrogens is 2. The van der Waals surface area contributed by atoms with Crippen molar-refractivity contribution in [2.24, 2.45) is 0 Å². The molecular weight excluding hydrogens is 721 g/mol. The van der Waals surface area contributed by atoms with Gasteiger partial charge in [-0.25, -0.2) is 0 Å². The Morgan fingerprint density at radius 1 is 0.651 bits per heavy atom. The molecule has 43 heavy (non-hydrogen) atoms. The Balaban J connectivity index is 0.00000329. The summed E-state index contributed by atoms with van der Waals surface area (Å²) in [4.78, 5) is 5.30. The molecule has 2 aromatic heterocycles. The molecule has 4 heteroatoms. The molecule has 0 atom stereocenters. The van der Waals surface area contributed by atoms with Crippen molar-refractivity contribution in [3.05, 3.63) is 132 Å². The van der Waals surface area contributed by atoms with Crippen LogP contribution in [0.25, 0.3) is 60.4 Å². The van der Waals surface area contributed by atoms with Crippen LogP contribution in [-0.4, -0.2) is 9.55 Å². The van der Waals surface area contributed by atoms with Gasteiger partial charge in [-0.2, -0.15) is 0 Å². The Labute approximate surface area is 271 Å². The van der Waals surface area contributed by atoms with Gasteiger partial charge >= 0.3 is 0 Å². The van der Waals surface area contributed by atoms with Gasteiger partial charge in [0.2, 0.25) is 0 Å². The van der Waals surface area contributed by atoms with Crippen LogP contribution in [0.4, 0.5) is 0 Å². The number of para-hydroxylation sites is 2. The van der Waals surface area contributed by atoms with Crippen LogP contribution < -0.4 is 0 Å². The first-order chi connectivity index (χ1) is 20.5. The second kappa shape index (κ2) is 12.1. The number of imidazole rings is 1. The van der Waals surface area contributed by atoms with Crippen LogP contribution in [0.3, 0.4) is 0 Å². The smallest absolute Gasteiger partial charge is 0.0774 e. The summed E-state index contributed by atoms with van der Waals surface area (Å²) in [5, 5.41) is 4.89. The summed E-state index contributed by atoms with van der Waals surface area (Å²) in [5.41, 5.74) is 12.0. The molecule has 0 aliphatic heterocycles. The van der Waals surface area contributed by atoms with Crippen LogP contribution in [0.15, 0.2) is 115 Å². The maximum Gasteiger partial charge on any atom is 0.0774 e. The molecule has 7 rings (SSSR count). The van der Waals surface area contributed by atoms with Gasteiger partial charge in [0.25, 0.3) is 0 Å². The van der Waals surface area contributed by atoms with E-state index in [1.54, 1.807) is 11.3 Å². The quantitative estimate of drug-likeness (QED) is 0.155. The minimum Gasteiger partial charge on any atom is -0.333 e. The van der Waals surface area contributed by atoms with E-state index >= 15 is 0 Å². The fraction of sp³-hybridized carbons (Fsp3) is 0.154. The van der Waals surface area contributed by atoms with Crippen molar-refractivity contribution in [3.63, 3.8) is 0 Å². The standard InChI is InChI=1S/C39H33N2S.Ir/c1-25(2)32-22-29(27-14-7-5-8-15-27)23-33(26(3)4)37(32)41-36-21-12-11-20-35(36)40-39(41)34-24-42-38-30(18-13-19-31(34)38)28-16-9-6-10-17-28;/h5-23,25-26H,1-4H3;/q-1;. The zero-order valence-corrected chi connectivity index (χ0v) is 28.0. The Bertz CT molecular complexity index is 2010. The largest absolute Gasteiger partial charge is 0.333 e. The van der Waals surface area contributed by atoms with Gasteiger partial charge in [0.1, 0.15) is 0 Å². The molecule has 1 radical (unpaired) electrons. The molecular formula is C39H33IrN2S-. The molecule has 2 heterocycles. The summed E-state index contributed by atoms with van der Waals surface area (Å²) in [5.74, 6) is 1.59. The summed E-state index contributed by atoms with van der Waals surface area (Å²) < 4.78 is 3.66. The molecule has 0 amide bonds. The van der Waals surface area contributed by atoms with Crippen LogP contribution in [0.1, 0.15) is 50.7 Å². The third-order valence-corrected chi connectivity index (χ3v) is 9.10. The second-order valence-electron chi connectivity index (χ2n) is 11.6.